The predicted molar refractivity (Wildman–Crippen MR) is 119 cm³/mol. The number of hydrogen-bond donors (Lipinski definition) is 0. The Labute approximate surface area is 178 Å². The number of esters is 1. The van der Waals surface area contributed by atoms with Gasteiger partial charge in [-0.25, -0.2) is 9.98 Å². The zero-order valence-electron chi connectivity index (χ0n) is 18.5. The maximum absolute atomic E-state index is 11.8. The summed E-state index contributed by atoms with van der Waals surface area (Å²) in [5, 5.41) is 0. The lowest BCUT2D eigenvalue weighted by molar-refractivity contribution is -0.143. The van der Waals surface area contributed by atoms with Gasteiger partial charge >= 0.3 is 5.97 Å². The van der Waals surface area contributed by atoms with Gasteiger partial charge in [0.05, 0.1) is 20.8 Å². The van der Waals surface area contributed by atoms with Crippen molar-refractivity contribution < 1.29 is 19.0 Å². The lowest BCUT2D eigenvalue weighted by Gasteiger charge is -2.22. The van der Waals surface area contributed by atoms with Crippen LogP contribution in [0.4, 0.5) is 0 Å². The fourth-order valence-electron chi connectivity index (χ4n) is 3.22. The number of rotatable bonds is 10. The van der Waals surface area contributed by atoms with Crippen LogP contribution in [0, 0.1) is 0 Å². The van der Waals surface area contributed by atoms with Gasteiger partial charge in [-0.05, 0) is 51.0 Å². The molecule has 1 heterocycles. The Hall–Kier alpha value is -3.09. The number of carbonyl (C=O) groups is 1. The van der Waals surface area contributed by atoms with Crippen LogP contribution in [0.25, 0.3) is 0 Å². The van der Waals surface area contributed by atoms with Crippen LogP contribution in [0.3, 0.4) is 0 Å². The van der Waals surface area contributed by atoms with E-state index in [2.05, 4.69) is 11.6 Å². The van der Waals surface area contributed by atoms with Crippen molar-refractivity contribution in [2.24, 2.45) is 9.98 Å². The summed E-state index contributed by atoms with van der Waals surface area (Å²) < 4.78 is 15.9. The van der Waals surface area contributed by atoms with E-state index in [9.17, 15) is 4.79 Å². The molecular weight excluding hydrogens is 382 g/mol. The van der Waals surface area contributed by atoms with Crippen molar-refractivity contribution in [2.75, 3.05) is 27.4 Å². The molecule has 162 valence electrons. The highest BCUT2D eigenvalue weighted by Crippen LogP contribution is 2.28. The van der Waals surface area contributed by atoms with Crippen LogP contribution in [0.2, 0.25) is 0 Å². The van der Waals surface area contributed by atoms with E-state index in [4.69, 9.17) is 19.2 Å². The van der Waals surface area contributed by atoms with Crippen molar-refractivity contribution in [1.29, 1.82) is 0 Å². The lowest BCUT2D eigenvalue weighted by atomic mass is 10.1. The fourth-order valence-corrected chi connectivity index (χ4v) is 3.22. The molecule has 0 N–H and O–H groups in total. The molecule has 0 unspecified atom stereocenters. The van der Waals surface area contributed by atoms with Gasteiger partial charge in [0.2, 0.25) is 0 Å². The minimum atomic E-state index is -0.200. The highest BCUT2D eigenvalue weighted by molar-refractivity contribution is 6.16. The van der Waals surface area contributed by atoms with Crippen molar-refractivity contribution in [3.05, 3.63) is 47.8 Å². The molecule has 0 saturated carbocycles. The van der Waals surface area contributed by atoms with Gasteiger partial charge in [0, 0.05) is 31.1 Å². The van der Waals surface area contributed by atoms with Crippen molar-refractivity contribution in [3.8, 4) is 11.5 Å². The Kier molecular flexibility index (Phi) is 8.65. The monoisotopic (exact) mass is 413 g/mol. The van der Waals surface area contributed by atoms with E-state index >= 15 is 0 Å². The first-order valence-electron chi connectivity index (χ1n) is 10.0. The molecule has 0 bridgehead atoms. The number of allylic oxidation sites excluding steroid dienone is 1. The van der Waals surface area contributed by atoms with Gasteiger partial charge in [-0.15, -0.1) is 0 Å². The third kappa shape index (κ3) is 5.72. The van der Waals surface area contributed by atoms with Gasteiger partial charge in [-0.3, -0.25) is 4.79 Å². The molecule has 0 atom stereocenters. The largest absolute Gasteiger partial charge is 0.497 e. The van der Waals surface area contributed by atoms with Crippen LogP contribution in [0.5, 0.6) is 11.5 Å². The highest BCUT2D eigenvalue weighted by atomic mass is 16.5. The molecule has 7 heteroatoms. The van der Waals surface area contributed by atoms with Crippen molar-refractivity contribution in [1.82, 2.24) is 4.90 Å². The fraction of sp³-hybridized carbons (Fsp3) is 0.435. The molecule has 1 aromatic rings. The second kappa shape index (κ2) is 11.2. The molecule has 0 aromatic heterocycles. The zero-order chi connectivity index (χ0) is 22.1. The Balaban J connectivity index is 2.34. The van der Waals surface area contributed by atoms with Crippen molar-refractivity contribution >= 4 is 17.6 Å². The van der Waals surface area contributed by atoms with Gasteiger partial charge in [0.1, 0.15) is 23.0 Å². The molecule has 30 heavy (non-hydrogen) atoms. The van der Waals surface area contributed by atoms with Gasteiger partial charge in [0.15, 0.2) is 5.84 Å². The highest BCUT2D eigenvalue weighted by Gasteiger charge is 2.29. The van der Waals surface area contributed by atoms with Crippen molar-refractivity contribution in [2.45, 2.75) is 40.0 Å². The third-order valence-electron chi connectivity index (χ3n) is 4.61. The number of amidine groups is 2. The summed E-state index contributed by atoms with van der Waals surface area (Å²) in [6.07, 6.45) is 3.01. The number of aliphatic imine (C=N–C) groups is 2. The number of benzene rings is 1. The maximum Gasteiger partial charge on any atom is 0.305 e. The second-order valence-electron chi connectivity index (χ2n) is 6.93. The first-order valence-corrected chi connectivity index (χ1v) is 10.0. The number of carbonyl (C=O) groups excluding carboxylic acids is 1. The van der Waals surface area contributed by atoms with Crippen LogP contribution in [0.15, 0.2) is 52.2 Å². The molecule has 1 aliphatic heterocycles. The number of nitrogens with zero attached hydrogens (tertiary/aromatic N) is 3. The maximum atomic E-state index is 11.8. The van der Waals surface area contributed by atoms with Gasteiger partial charge < -0.3 is 19.1 Å². The molecule has 0 radical (unpaired) electrons. The van der Waals surface area contributed by atoms with Crippen LogP contribution in [0.1, 0.15) is 39.2 Å². The summed E-state index contributed by atoms with van der Waals surface area (Å²) >= 11 is 0. The van der Waals surface area contributed by atoms with Crippen LogP contribution < -0.4 is 9.47 Å². The second-order valence-corrected chi connectivity index (χ2v) is 6.93. The first-order chi connectivity index (χ1) is 14.4. The molecule has 0 fully saturated rings. The van der Waals surface area contributed by atoms with E-state index in [1.165, 1.54) is 6.20 Å². The average molecular weight is 414 g/mol. The summed E-state index contributed by atoms with van der Waals surface area (Å²) in [6, 6.07) is 5.69. The minimum Gasteiger partial charge on any atom is -0.497 e. The minimum absolute atomic E-state index is 0.200. The summed E-state index contributed by atoms with van der Waals surface area (Å²) in [6.45, 7) is 10.5. The normalized spacial score (nSPS) is 14.6. The van der Waals surface area contributed by atoms with Crippen LogP contribution in [-0.4, -0.2) is 49.9 Å². The molecule has 2 rings (SSSR count). The van der Waals surface area contributed by atoms with Crippen molar-refractivity contribution in [3.63, 3.8) is 0 Å². The average Bonchev–Trinajstić information content (AvgIpc) is 3.06. The molecular formula is C23H31N3O4. The molecule has 1 aromatic carbocycles. The Bertz CT molecular complexity index is 867. The Morgan fingerprint density at radius 1 is 1.27 bits per heavy atom. The Morgan fingerprint density at radius 2 is 2.03 bits per heavy atom. The van der Waals surface area contributed by atoms with Gasteiger partial charge in [-0.2, -0.15) is 0 Å². The molecule has 1 aliphatic rings. The third-order valence-corrected chi connectivity index (χ3v) is 4.61. The first kappa shape index (κ1) is 23.2. The molecule has 0 spiro atoms. The topological polar surface area (TPSA) is 72.7 Å². The molecule has 7 nitrogen and oxygen atoms in total. The molecule has 0 amide bonds. The number of hydrogen-bond acceptors (Lipinski definition) is 6. The van der Waals surface area contributed by atoms with Gasteiger partial charge in [0.25, 0.3) is 0 Å². The molecule has 0 aliphatic carbocycles. The zero-order valence-corrected chi connectivity index (χ0v) is 18.5. The molecule has 0 saturated heterocycles. The van der Waals surface area contributed by atoms with E-state index in [0.29, 0.717) is 32.4 Å². The SMILES string of the molecule is C=CN=C1C(=C(C)C)N=C(Cc2cc(OC)ccc2OC)N1CCCC(=O)OCC. The number of ether oxygens (including phenoxy) is 3. The van der Waals surface area contributed by atoms with E-state index in [0.717, 1.165) is 40.0 Å². The summed E-state index contributed by atoms with van der Waals surface area (Å²) in [4.78, 5) is 23.1. The van der Waals surface area contributed by atoms with E-state index in [-0.39, 0.29) is 5.97 Å². The van der Waals surface area contributed by atoms with E-state index in [1.807, 2.05) is 36.9 Å². The summed E-state index contributed by atoms with van der Waals surface area (Å²) in [5.74, 6) is 2.89. The van der Waals surface area contributed by atoms with Gasteiger partial charge in [-0.1, -0.05) is 6.58 Å². The number of methoxy groups -OCH3 is 2. The predicted octanol–water partition coefficient (Wildman–Crippen LogP) is 4.14. The summed E-state index contributed by atoms with van der Waals surface area (Å²) in [5.41, 5.74) is 2.83. The Morgan fingerprint density at radius 3 is 2.63 bits per heavy atom. The van der Waals surface area contributed by atoms with E-state index < -0.39 is 0 Å². The van der Waals surface area contributed by atoms with E-state index in [1.54, 1.807) is 21.1 Å². The standard InChI is InChI=1S/C23H31N3O4/c1-7-24-23-22(16(3)4)25-20(26(23)13-9-10-21(27)30-8-2)15-17-14-18(28-5)11-12-19(17)29-6/h7,11-12,14H,1,8-10,13,15H2,2-6H3. The quantitative estimate of drug-likeness (QED) is 0.539. The van der Waals surface area contributed by atoms with Crippen LogP contribution in [-0.2, 0) is 16.0 Å². The van der Waals surface area contributed by atoms with Crippen LogP contribution >= 0.6 is 0 Å². The lowest BCUT2D eigenvalue weighted by Crippen LogP contribution is -2.35. The summed E-state index contributed by atoms with van der Waals surface area (Å²) in [7, 11) is 3.28. The smallest absolute Gasteiger partial charge is 0.305 e.